The largest absolute Gasteiger partial charge is 0.507 e. The fraction of sp³-hybridized carbons (Fsp3) is 0.200. The first kappa shape index (κ1) is 6.57. The van der Waals surface area contributed by atoms with Crippen LogP contribution in [0.3, 0.4) is 0 Å². The lowest BCUT2D eigenvalue weighted by molar-refractivity contribution is 0.432. The van der Waals surface area contributed by atoms with Gasteiger partial charge in [-0.3, -0.25) is 0 Å². The molecule has 7 heavy (non-hydrogen) atoms. The van der Waals surface area contributed by atoms with Crippen LogP contribution in [-0.2, 0) is 0 Å². The number of aliphatic hydroxyl groups excluding tert-OH is 1. The van der Waals surface area contributed by atoms with E-state index in [0.29, 0.717) is 5.03 Å². The lowest BCUT2D eigenvalue weighted by Gasteiger charge is -1.88. The minimum absolute atomic E-state index is 0.0795. The molecule has 0 aliphatic heterocycles. The number of halogens is 1. The molecule has 0 bridgehead atoms. The number of aliphatic hydroxyl groups is 1. The summed E-state index contributed by atoms with van der Waals surface area (Å²) in [5.41, 5.74) is 0. The van der Waals surface area contributed by atoms with E-state index in [0.717, 1.165) is 0 Å². The minimum atomic E-state index is -0.0795. The first-order chi connectivity index (χ1) is 3.18. The fourth-order valence-electron chi connectivity index (χ4n) is 0.167. The monoisotopic (exact) mass is 118 g/mol. The van der Waals surface area contributed by atoms with E-state index >= 15 is 0 Å². The van der Waals surface area contributed by atoms with E-state index in [1.54, 1.807) is 13.0 Å². The molecule has 1 nitrogen and oxygen atoms in total. The molecule has 1 N–H and O–H groups in total. The molecule has 2 heteroatoms. The van der Waals surface area contributed by atoms with Crippen molar-refractivity contribution in [2.24, 2.45) is 0 Å². The van der Waals surface area contributed by atoms with Crippen molar-refractivity contribution >= 4 is 11.6 Å². The topological polar surface area (TPSA) is 20.2 Å². The molecule has 0 saturated heterocycles. The molecule has 0 aliphatic rings. The SMILES string of the molecule is C=C(O)C(Cl)=CC. The minimum Gasteiger partial charge on any atom is -0.507 e. The fourth-order valence-corrected chi connectivity index (χ4v) is 0.167. The van der Waals surface area contributed by atoms with Crippen LogP contribution in [0.4, 0.5) is 0 Å². The number of allylic oxidation sites excluding steroid dienone is 2. The van der Waals surface area contributed by atoms with Crippen molar-refractivity contribution in [2.75, 3.05) is 0 Å². The molecule has 0 spiro atoms. The molecule has 0 aromatic heterocycles. The molecule has 0 aromatic rings. The van der Waals surface area contributed by atoms with Crippen LogP contribution >= 0.6 is 11.6 Å². The van der Waals surface area contributed by atoms with Crippen molar-refractivity contribution in [3.63, 3.8) is 0 Å². The summed E-state index contributed by atoms with van der Waals surface area (Å²) >= 11 is 5.31. The Balaban J connectivity index is 3.82. The zero-order chi connectivity index (χ0) is 5.86. The predicted octanol–water partition coefficient (Wildman–Crippen LogP) is 2.20. The lowest BCUT2D eigenvalue weighted by Crippen LogP contribution is -1.72. The van der Waals surface area contributed by atoms with Crippen molar-refractivity contribution in [3.05, 3.63) is 23.4 Å². The van der Waals surface area contributed by atoms with Gasteiger partial charge in [-0.1, -0.05) is 24.3 Å². The van der Waals surface area contributed by atoms with Crippen molar-refractivity contribution in [1.29, 1.82) is 0 Å². The standard InChI is InChI=1S/C5H7ClO/c1-3-5(6)4(2)7/h3,7H,2H2,1H3. The first-order valence-corrected chi connectivity index (χ1v) is 2.26. The summed E-state index contributed by atoms with van der Waals surface area (Å²) in [6, 6.07) is 0. The highest BCUT2D eigenvalue weighted by Crippen LogP contribution is 2.07. The van der Waals surface area contributed by atoms with Crippen LogP contribution in [0.15, 0.2) is 23.4 Å². The van der Waals surface area contributed by atoms with Gasteiger partial charge in [-0.2, -0.15) is 0 Å². The average Bonchev–Trinajstić information content (AvgIpc) is 1.65. The Bertz CT molecular complexity index is 105. The third-order valence-electron chi connectivity index (χ3n) is 0.529. The Morgan fingerprint density at radius 1 is 1.86 bits per heavy atom. The van der Waals surface area contributed by atoms with Crippen LogP contribution in [0.2, 0.25) is 0 Å². The number of hydrogen-bond acceptors (Lipinski definition) is 1. The van der Waals surface area contributed by atoms with Crippen LogP contribution in [0.25, 0.3) is 0 Å². The molecule has 0 aliphatic carbocycles. The van der Waals surface area contributed by atoms with Gasteiger partial charge in [-0.05, 0) is 6.92 Å². The smallest absolute Gasteiger partial charge is 0.126 e. The summed E-state index contributed by atoms with van der Waals surface area (Å²) in [7, 11) is 0. The molecule has 0 fully saturated rings. The van der Waals surface area contributed by atoms with E-state index in [2.05, 4.69) is 6.58 Å². The molecule has 0 saturated carbocycles. The molecular weight excluding hydrogens is 112 g/mol. The van der Waals surface area contributed by atoms with E-state index in [1.165, 1.54) is 0 Å². The van der Waals surface area contributed by atoms with E-state index in [4.69, 9.17) is 16.7 Å². The van der Waals surface area contributed by atoms with Crippen molar-refractivity contribution in [1.82, 2.24) is 0 Å². The van der Waals surface area contributed by atoms with Crippen LogP contribution in [0, 0.1) is 0 Å². The summed E-state index contributed by atoms with van der Waals surface area (Å²) in [6.07, 6.45) is 1.57. The normalized spacial score (nSPS) is 11.4. The van der Waals surface area contributed by atoms with Crippen molar-refractivity contribution < 1.29 is 5.11 Å². The molecular formula is C5H7ClO. The number of hydrogen-bond donors (Lipinski definition) is 1. The zero-order valence-corrected chi connectivity index (χ0v) is 4.87. The maximum absolute atomic E-state index is 8.43. The maximum atomic E-state index is 8.43. The Hall–Kier alpha value is -0.430. The summed E-state index contributed by atoms with van der Waals surface area (Å²) in [6.45, 7) is 4.91. The summed E-state index contributed by atoms with van der Waals surface area (Å²) in [4.78, 5) is 0. The second kappa shape index (κ2) is 2.69. The van der Waals surface area contributed by atoms with Gasteiger partial charge in [0.05, 0.1) is 5.03 Å². The van der Waals surface area contributed by atoms with E-state index in [1.807, 2.05) is 0 Å². The van der Waals surface area contributed by atoms with Crippen LogP contribution < -0.4 is 0 Å². The van der Waals surface area contributed by atoms with Gasteiger partial charge in [0.1, 0.15) is 5.76 Å². The highest BCUT2D eigenvalue weighted by molar-refractivity contribution is 6.31. The Morgan fingerprint density at radius 3 is 2.29 bits per heavy atom. The molecule has 0 heterocycles. The highest BCUT2D eigenvalue weighted by Gasteiger charge is 1.88. The quantitative estimate of drug-likeness (QED) is 0.414. The molecule has 0 amide bonds. The van der Waals surface area contributed by atoms with Gasteiger partial charge in [0, 0.05) is 0 Å². The Labute approximate surface area is 47.9 Å². The van der Waals surface area contributed by atoms with Gasteiger partial charge in [0.15, 0.2) is 0 Å². The van der Waals surface area contributed by atoms with E-state index in [-0.39, 0.29) is 5.76 Å². The van der Waals surface area contributed by atoms with Gasteiger partial charge in [-0.15, -0.1) is 0 Å². The van der Waals surface area contributed by atoms with Crippen LogP contribution in [0.1, 0.15) is 6.92 Å². The van der Waals surface area contributed by atoms with Gasteiger partial charge in [-0.25, -0.2) is 0 Å². The lowest BCUT2D eigenvalue weighted by atomic mass is 10.5. The molecule has 40 valence electrons. The van der Waals surface area contributed by atoms with Gasteiger partial charge in [0.2, 0.25) is 0 Å². The molecule has 0 rings (SSSR count). The summed E-state index contributed by atoms with van der Waals surface area (Å²) in [5, 5.41) is 8.73. The molecule has 0 atom stereocenters. The number of rotatable bonds is 1. The molecule has 0 radical (unpaired) electrons. The van der Waals surface area contributed by atoms with Gasteiger partial charge >= 0.3 is 0 Å². The van der Waals surface area contributed by atoms with E-state index < -0.39 is 0 Å². The van der Waals surface area contributed by atoms with Crippen molar-refractivity contribution in [2.45, 2.75) is 6.92 Å². The van der Waals surface area contributed by atoms with Gasteiger partial charge < -0.3 is 5.11 Å². The Kier molecular flexibility index (Phi) is 2.53. The average molecular weight is 119 g/mol. The van der Waals surface area contributed by atoms with Crippen LogP contribution in [0.5, 0.6) is 0 Å². The summed E-state index contributed by atoms with van der Waals surface area (Å²) in [5.74, 6) is -0.0795. The molecule has 0 aromatic carbocycles. The molecule has 0 unspecified atom stereocenters. The maximum Gasteiger partial charge on any atom is 0.126 e. The van der Waals surface area contributed by atoms with Gasteiger partial charge in [0.25, 0.3) is 0 Å². The summed E-state index contributed by atoms with van der Waals surface area (Å²) < 4.78 is 0. The second-order valence-corrected chi connectivity index (χ2v) is 1.49. The van der Waals surface area contributed by atoms with E-state index in [9.17, 15) is 0 Å². The van der Waals surface area contributed by atoms with Crippen molar-refractivity contribution in [3.8, 4) is 0 Å². The second-order valence-electron chi connectivity index (χ2n) is 1.08. The third kappa shape index (κ3) is 2.29. The predicted molar refractivity (Wildman–Crippen MR) is 31.4 cm³/mol. The third-order valence-corrected chi connectivity index (χ3v) is 0.965. The first-order valence-electron chi connectivity index (χ1n) is 1.88. The Morgan fingerprint density at radius 2 is 2.29 bits per heavy atom. The van der Waals surface area contributed by atoms with Crippen LogP contribution in [-0.4, -0.2) is 5.11 Å². The zero-order valence-electron chi connectivity index (χ0n) is 4.11. The highest BCUT2D eigenvalue weighted by atomic mass is 35.5.